The number of hydrogen-bond donors (Lipinski definition) is 3. The maximum atomic E-state index is 11.5. The van der Waals surface area contributed by atoms with Gasteiger partial charge in [0.1, 0.15) is 0 Å². The Labute approximate surface area is 283 Å². The van der Waals surface area contributed by atoms with Crippen LogP contribution >= 0.6 is 0 Å². The van der Waals surface area contributed by atoms with Crippen LogP contribution in [0.15, 0.2) is 12.2 Å². The van der Waals surface area contributed by atoms with E-state index >= 15 is 0 Å². The van der Waals surface area contributed by atoms with Crippen molar-refractivity contribution in [1.29, 1.82) is 0 Å². The lowest BCUT2D eigenvalue weighted by molar-refractivity contribution is -0.929. The Hall–Kier alpha value is -1.89. The minimum atomic E-state index is -0.821. The van der Waals surface area contributed by atoms with Crippen LogP contribution in [-0.2, 0) is 14.4 Å². The lowest BCUT2D eigenvalue weighted by Gasteiger charge is -2.40. The highest BCUT2D eigenvalue weighted by atomic mass is 16.4. The molecule has 0 aliphatic rings. The minimum absolute atomic E-state index is 0.478. The van der Waals surface area contributed by atoms with Gasteiger partial charge in [-0.1, -0.05) is 136 Å². The Bertz CT molecular complexity index is 738. The zero-order valence-electron chi connectivity index (χ0n) is 30.5. The molecule has 46 heavy (non-hydrogen) atoms. The Morgan fingerprint density at radius 2 is 0.717 bits per heavy atom. The van der Waals surface area contributed by atoms with Crippen molar-refractivity contribution in [1.82, 2.24) is 0 Å². The number of nitrogens with zero attached hydrogens (tertiary/aromatic N) is 1. The number of carboxylic acid groups (broad SMARTS) is 3. The van der Waals surface area contributed by atoms with Gasteiger partial charge in [-0.3, -0.25) is 14.4 Å². The smallest absolute Gasteiger partial charge is 0.306 e. The summed E-state index contributed by atoms with van der Waals surface area (Å²) in [5.74, 6) is -3.89. The van der Waals surface area contributed by atoms with E-state index in [0.29, 0.717) is 43.4 Å². The third kappa shape index (κ3) is 25.2. The Morgan fingerprint density at radius 1 is 0.457 bits per heavy atom. The number of aliphatic carboxylic acids is 3. The summed E-state index contributed by atoms with van der Waals surface area (Å²) in [6, 6.07) is 0. The first-order valence-corrected chi connectivity index (χ1v) is 19.2. The molecule has 0 aromatic heterocycles. The van der Waals surface area contributed by atoms with Crippen molar-refractivity contribution >= 4 is 17.9 Å². The summed E-state index contributed by atoms with van der Waals surface area (Å²) < 4.78 is 0.615. The summed E-state index contributed by atoms with van der Waals surface area (Å²) in [4.78, 5) is 34.6. The van der Waals surface area contributed by atoms with Crippen molar-refractivity contribution in [2.24, 2.45) is 17.8 Å². The van der Waals surface area contributed by atoms with Crippen molar-refractivity contribution < 1.29 is 34.2 Å². The van der Waals surface area contributed by atoms with Crippen LogP contribution in [0.5, 0.6) is 0 Å². The number of rotatable bonds is 34. The second-order valence-electron chi connectivity index (χ2n) is 14.4. The standard InChI is InChI=1S/C39H73NO6/c1-5-6-7-8-9-10-11-12-13-14-15-16-17-18-19-20-21-22-23-24-25-26-30-40(31-27-34(2)37(41)42,32-28-35(3)38(43)44)33-29-36(4)39(45)46/h5-6,34-36H,7-33H2,1-4H3,(H2-,41,42,43,44,45,46)/p+1/b6-5+. The van der Waals surface area contributed by atoms with Crippen molar-refractivity contribution in [3.05, 3.63) is 12.2 Å². The largest absolute Gasteiger partial charge is 0.481 e. The van der Waals surface area contributed by atoms with Crippen LogP contribution in [0.2, 0.25) is 0 Å². The van der Waals surface area contributed by atoms with Crippen LogP contribution < -0.4 is 0 Å². The Kier molecular flexibility index (Phi) is 28.1. The summed E-state index contributed by atoms with van der Waals surface area (Å²) in [5, 5.41) is 28.4. The maximum Gasteiger partial charge on any atom is 0.306 e. The van der Waals surface area contributed by atoms with Gasteiger partial charge in [0.2, 0.25) is 0 Å². The summed E-state index contributed by atoms with van der Waals surface area (Å²) in [6.45, 7) is 10.0. The van der Waals surface area contributed by atoms with Crippen molar-refractivity contribution in [2.75, 3.05) is 26.2 Å². The highest BCUT2D eigenvalue weighted by Gasteiger charge is 2.31. The molecular formula is C39H74NO6+. The Morgan fingerprint density at radius 3 is 0.978 bits per heavy atom. The number of unbranched alkanes of at least 4 members (excludes halogenated alkanes) is 19. The second-order valence-corrected chi connectivity index (χ2v) is 14.4. The van der Waals surface area contributed by atoms with Gasteiger partial charge in [0, 0.05) is 19.3 Å². The molecule has 0 rings (SSSR count). The van der Waals surface area contributed by atoms with E-state index in [1.54, 1.807) is 20.8 Å². The van der Waals surface area contributed by atoms with E-state index in [1.165, 1.54) is 116 Å². The Balaban J connectivity index is 4.25. The molecule has 3 N–H and O–H groups in total. The van der Waals surface area contributed by atoms with Crippen LogP contribution in [0.1, 0.15) is 175 Å². The molecule has 0 spiro atoms. The van der Waals surface area contributed by atoms with E-state index in [0.717, 1.165) is 19.4 Å². The molecule has 0 aromatic carbocycles. The van der Waals surface area contributed by atoms with Gasteiger partial charge in [-0.2, -0.15) is 0 Å². The molecule has 0 radical (unpaired) electrons. The molecule has 0 saturated carbocycles. The first-order chi connectivity index (χ1) is 22.0. The van der Waals surface area contributed by atoms with Gasteiger partial charge in [0.05, 0.1) is 43.9 Å². The summed E-state index contributed by atoms with van der Waals surface area (Å²) in [6.07, 6.45) is 32.3. The summed E-state index contributed by atoms with van der Waals surface area (Å²) >= 11 is 0. The van der Waals surface area contributed by atoms with Crippen LogP contribution in [0, 0.1) is 17.8 Å². The SMILES string of the molecule is C/C=C/CCCCCCCCCCCCCCCCCCCCC[N+](CCC(C)C(=O)O)(CCC(C)C(=O)O)CCC(C)C(=O)O. The van der Waals surface area contributed by atoms with Crippen molar-refractivity contribution in [3.8, 4) is 0 Å². The number of carbonyl (C=O) groups is 3. The molecule has 0 aromatic rings. The van der Waals surface area contributed by atoms with Crippen LogP contribution in [0.4, 0.5) is 0 Å². The third-order valence-corrected chi connectivity index (χ3v) is 10.1. The number of hydrogen-bond acceptors (Lipinski definition) is 3. The third-order valence-electron chi connectivity index (χ3n) is 10.1. The zero-order chi connectivity index (χ0) is 34.5. The van der Waals surface area contributed by atoms with Crippen molar-refractivity contribution in [2.45, 2.75) is 175 Å². The molecule has 3 atom stereocenters. The van der Waals surface area contributed by atoms with Gasteiger partial charge in [-0.25, -0.2) is 0 Å². The predicted molar refractivity (Wildman–Crippen MR) is 191 cm³/mol. The molecular weight excluding hydrogens is 578 g/mol. The highest BCUT2D eigenvalue weighted by Crippen LogP contribution is 2.22. The molecule has 0 amide bonds. The van der Waals surface area contributed by atoms with Crippen LogP contribution in [0.3, 0.4) is 0 Å². The van der Waals surface area contributed by atoms with Crippen LogP contribution in [-0.4, -0.2) is 63.9 Å². The zero-order valence-corrected chi connectivity index (χ0v) is 30.5. The molecule has 0 aliphatic heterocycles. The first-order valence-electron chi connectivity index (χ1n) is 19.2. The highest BCUT2D eigenvalue weighted by molar-refractivity contribution is 5.70. The topological polar surface area (TPSA) is 112 Å². The average molecular weight is 653 g/mol. The molecule has 0 saturated heterocycles. The molecule has 7 heteroatoms. The van der Waals surface area contributed by atoms with Gasteiger partial charge in [0.25, 0.3) is 0 Å². The van der Waals surface area contributed by atoms with E-state index in [-0.39, 0.29) is 0 Å². The fourth-order valence-electron chi connectivity index (χ4n) is 6.33. The minimum Gasteiger partial charge on any atom is -0.481 e. The van der Waals surface area contributed by atoms with E-state index in [4.69, 9.17) is 0 Å². The quantitative estimate of drug-likeness (QED) is 0.0362. The van der Waals surface area contributed by atoms with Gasteiger partial charge in [0.15, 0.2) is 0 Å². The van der Waals surface area contributed by atoms with Gasteiger partial charge >= 0.3 is 17.9 Å². The number of allylic oxidation sites excluding steroid dienone is 2. The number of quaternary nitrogens is 1. The van der Waals surface area contributed by atoms with Gasteiger partial charge in [-0.15, -0.1) is 0 Å². The summed E-state index contributed by atoms with van der Waals surface area (Å²) in [5.41, 5.74) is 0. The molecule has 0 heterocycles. The molecule has 0 aliphatic carbocycles. The molecule has 3 unspecified atom stereocenters. The van der Waals surface area contributed by atoms with E-state index in [1.807, 2.05) is 0 Å². The second kappa shape index (κ2) is 29.3. The van der Waals surface area contributed by atoms with E-state index < -0.39 is 35.7 Å². The first kappa shape index (κ1) is 44.1. The van der Waals surface area contributed by atoms with Crippen LogP contribution in [0.25, 0.3) is 0 Å². The normalized spacial score (nSPS) is 15.0. The predicted octanol–water partition coefficient (Wildman–Crippen LogP) is 10.5. The van der Waals surface area contributed by atoms with Gasteiger partial charge < -0.3 is 19.8 Å². The molecule has 270 valence electrons. The fourth-order valence-corrected chi connectivity index (χ4v) is 6.33. The fraction of sp³-hybridized carbons (Fsp3) is 0.872. The monoisotopic (exact) mass is 653 g/mol. The van der Waals surface area contributed by atoms with E-state index in [2.05, 4.69) is 19.1 Å². The molecule has 0 fully saturated rings. The summed E-state index contributed by atoms with van der Waals surface area (Å²) in [7, 11) is 0. The van der Waals surface area contributed by atoms with Gasteiger partial charge in [-0.05, 0) is 32.6 Å². The van der Waals surface area contributed by atoms with Crippen molar-refractivity contribution in [3.63, 3.8) is 0 Å². The lowest BCUT2D eigenvalue weighted by Crippen LogP contribution is -2.52. The lowest BCUT2D eigenvalue weighted by atomic mass is 10.0. The number of carboxylic acids is 3. The molecule has 7 nitrogen and oxygen atoms in total. The maximum absolute atomic E-state index is 11.5. The van der Waals surface area contributed by atoms with E-state index in [9.17, 15) is 29.7 Å². The average Bonchev–Trinajstić information content (AvgIpc) is 3.03. The molecule has 0 bridgehead atoms.